The molecule has 4 rings (SSSR count). The molecule has 2 aromatic rings. The van der Waals surface area contributed by atoms with Crippen LogP contribution < -0.4 is 10.2 Å². The predicted molar refractivity (Wildman–Crippen MR) is 105 cm³/mol. The molecule has 0 fully saturated rings. The highest BCUT2D eigenvalue weighted by molar-refractivity contribution is 6.02. The van der Waals surface area contributed by atoms with E-state index in [1.807, 2.05) is 24.3 Å². The van der Waals surface area contributed by atoms with Gasteiger partial charge in [-0.25, -0.2) is 0 Å². The van der Waals surface area contributed by atoms with Crippen molar-refractivity contribution in [2.24, 2.45) is 0 Å². The van der Waals surface area contributed by atoms with Gasteiger partial charge in [0.2, 0.25) is 5.91 Å². The van der Waals surface area contributed by atoms with Gasteiger partial charge in [-0.15, -0.1) is 0 Å². The number of fused-ring (bicyclic) bond motifs is 2. The molecule has 2 aliphatic rings. The van der Waals surface area contributed by atoms with Gasteiger partial charge in [0.05, 0.1) is 19.8 Å². The van der Waals surface area contributed by atoms with Gasteiger partial charge in [0.1, 0.15) is 0 Å². The summed E-state index contributed by atoms with van der Waals surface area (Å²) in [6, 6.07) is 12.0. The summed E-state index contributed by atoms with van der Waals surface area (Å²) in [5, 5.41) is 2.91. The largest absolute Gasteiger partial charge is 0.376 e. The summed E-state index contributed by atoms with van der Waals surface area (Å²) in [6.07, 6.45) is 3.40. The lowest BCUT2D eigenvalue weighted by Gasteiger charge is -2.27. The Bertz CT molecular complexity index is 920. The van der Waals surface area contributed by atoms with Gasteiger partial charge in [-0.3, -0.25) is 9.59 Å². The molecule has 1 N–H and O–H groups in total. The van der Waals surface area contributed by atoms with Crippen molar-refractivity contribution in [3.63, 3.8) is 0 Å². The van der Waals surface area contributed by atoms with E-state index >= 15 is 0 Å². The van der Waals surface area contributed by atoms with Crippen molar-refractivity contribution in [3.05, 3.63) is 71.3 Å². The van der Waals surface area contributed by atoms with Gasteiger partial charge in [0.25, 0.3) is 5.91 Å². The van der Waals surface area contributed by atoms with Crippen molar-refractivity contribution >= 4 is 23.2 Å². The second kappa shape index (κ2) is 7.37. The Labute approximate surface area is 158 Å². The molecule has 2 amide bonds. The third kappa shape index (κ3) is 3.51. The minimum absolute atomic E-state index is 0.0124. The fourth-order valence-corrected chi connectivity index (χ4v) is 3.75. The predicted octanol–water partition coefficient (Wildman–Crippen LogP) is 3.36. The number of carbonyl (C=O) groups excluding carboxylic acids is 2. The van der Waals surface area contributed by atoms with Gasteiger partial charge in [0.15, 0.2) is 0 Å². The molecule has 0 aromatic heterocycles. The third-order valence-electron chi connectivity index (χ3n) is 5.19. The molecule has 0 spiro atoms. The monoisotopic (exact) mass is 362 g/mol. The first-order valence-corrected chi connectivity index (χ1v) is 9.20. The summed E-state index contributed by atoms with van der Waals surface area (Å²) in [5.41, 5.74) is 6.20. The van der Waals surface area contributed by atoms with E-state index in [2.05, 4.69) is 24.0 Å². The molecule has 0 aliphatic carbocycles. The van der Waals surface area contributed by atoms with Crippen LogP contribution in [0.1, 0.15) is 28.7 Å². The van der Waals surface area contributed by atoms with E-state index in [-0.39, 0.29) is 11.8 Å². The fourth-order valence-electron chi connectivity index (χ4n) is 3.75. The van der Waals surface area contributed by atoms with Crippen LogP contribution in [0, 0.1) is 0 Å². The fraction of sp³-hybridized carbons (Fsp3) is 0.273. The highest BCUT2D eigenvalue weighted by atomic mass is 16.5. The van der Waals surface area contributed by atoms with E-state index in [9.17, 15) is 9.59 Å². The number of nitrogens with one attached hydrogen (secondary N) is 1. The molecule has 2 aromatic carbocycles. The average Bonchev–Trinajstić information content (AvgIpc) is 2.71. The number of amides is 2. The van der Waals surface area contributed by atoms with Gasteiger partial charge in [0, 0.05) is 17.8 Å². The van der Waals surface area contributed by atoms with Gasteiger partial charge in [-0.2, -0.15) is 0 Å². The van der Waals surface area contributed by atoms with Gasteiger partial charge in [-0.1, -0.05) is 30.8 Å². The van der Waals surface area contributed by atoms with Crippen LogP contribution >= 0.6 is 0 Å². The molecule has 27 heavy (non-hydrogen) atoms. The summed E-state index contributed by atoms with van der Waals surface area (Å²) < 4.78 is 5.54. The van der Waals surface area contributed by atoms with Crippen molar-refractivity contribution in [2.75, 3.05) is 16.8 Å². The van der Waals surface area contributed by atoms with Crippen molar-refractivity contribution < 1.29 is 14.3 Å². The molecule has 5 heteroatoms. The number of anilines is 2. The average molecular weight is 362 g/mol. The highest BCUT2D eigenvalue weighted by Crippen LogP contribution is 2.30. The molecule has 0 unspecified atom stereocenters. The SMILES string of the molecule is C=CC(=O)N(Cc1cccc2c1CCOC2)c1ccc2c(c1)NC(=O)CC2. The number of hydrogen-bond donors (Lipinski definition) is 1. The van der Waals surface area contributed by atoms with Crippen LogP contribution in [-0.2, 0) is 40.3 Å². The van der Waals surface area contributed by atoms with E-state index in [1.165, 1.54) is 17.2 Å². The minimum atomic E-state index is -0.165. The van der Waals surface area contributed by atoms with Crippen LogP contribution in [-0.4, -0.2) is 18.4 Å². The van der Waals surface area contributed by atoms with Crippen molar-refractivity contribution in [1.29, 1.82) is 0 Å². The first-order chi connectivity index (χ1) is 13.2. The van der Waals surface area contributed by atoms with E-state index in [4.69, 9.17) is 4.74 Å². The summed E-state index contributed by atoms with van der Waals surface area (Å²) >= 11 is 0. The summed E-state index contributed by atoms with van der Waals surface area (Å²) in [4.78, 5) is 26.0. The maximum absolute atomic E-state index is 12.6. The molecule has 5 nitrogen and oxygen atoms in total. The maximum atomic E-state index is 12.6. The molecule has 2 heterocycles. The smallest absolute Gasteiger partial charge is 0.250 e. The number of ether oxygens (including phenoxy) is 1. The minimum Gasteiger partial charge on any atom is -0.376 e. The third-order valence-corrected chi connectivity index (χ3v) is 5.19. The molecule has 0 saturated heterocycles. The zero-order valence-corrected chi connectivity index (χ0v) is 15.2. The van der Waals surface area contributed by atoms with E-state index in [0.717, 1.165) is 35.3 Å². The molecule has 138 valence electrons. The number of hydrogen-bond acceptors (Lipinski definition) is 3. The zero-order valence-electron chi connectivity index (χ0n) is 15.2. The lowest BCUT2D eigenvalue weighted by atomic mass is 9.96. The van der Waals surface area contributed by atoms with Crippen LogP contribution in [0.4, 0.5) is 11.4 Å². The first kappa shape index (κ1) is 17.5. The van der Waals surface area contributed by atoms with Crippen molar-refractivity contribution in [3.8, 4) is 0 Å². The normalized spacial score (nSPS) is 15.3. The van der Waals surface area contributed by atoms with Crippen LogP contribution in [0.2, 0.25) is 0 Å². The highest BCUT2D eigenvalue weighted by Gasteiger charge is 2.21. The van der Waals surface area contributed by atoms with E-state index < -0.39 is 0 Å². The van der Waals surface area contributed by atoms with Crippen LogP contribution in [0.3, 0.4) is 0 Å². The Hall–Kier alpha value is -2.92. The molecule has 0 atom stereocenters. The van der Waals surface area contributed by atoms with Crippen molar-refractivity contribution in [1.82, 2.24) is 0 Å². The second-order valence-corrected chi connectivity index (χ2v) is 6.88. The molecule has 2 aliphatic heterocycles. The van der Waals surface area contributed by atoms with Crippen LogP contribution in [0.25, 0.3) is 0 Å². The van der Waals surface area contributed by atoms with Gasteiger partial charge >= 0.3 is 0 Å². The summed E-state index contributed by atoms with van der Waals surface area (Å²) in [7, 11) is 0. The zero-order chi connectivity index (χ0) is 18.8. The number of rotatable bonds is 4. The Morgan fingerprint density at radius 2 is 2.07 bits per heavy atom. The Balaban J connectivity index is 1.69. The lowest BCUT2D eigenvalue weighted by Crippen LogP contribution is -2.30. The van der Waals surface area contributed by atoms with Gasteiger partial charge in [-0.05, 0) is 53.3 Å². The molecule has 0 bridgehead atoms. The second-order valence-electron chi connectivity index (χ2n) is 6.88. The number of aryl methyl sites for hydroxylation is 1. The lowest BCUT2D eigenvalue weighted by molar-refractivity contribution is -0.116. The van der Waals surface area contributed by atoms with Crippen molar-refractivity contribution in [2.45, 2.75) is 32.4 Å². The van der Waals surface area contributed by atoms with Gasteiger partial charge < -0.3 is 15.0 Å². The summed E-state index contributed by atoms with van der Waals surface area (Å²) in [6.45, 7) is 5.43. The van der Waals surface area contributed by atoms with E-state index in [1.54, 1.807) is 4.90 Å². The molecule has 0 radical (unpaired) electrons. The standard InChI is InChI=1S/C22H22N2O3/c1-2-22(26)24(13-16-4-3-5-17-14-27-11-10-19(16)17)18-8-6-15-7-9-21(25)23-20(15)12-18/h2-6,8,12H,1,7,9-11,13-14H2,(H,23,25). The van der Waals surface area contributed by atoms with Crippen LogP contribution in [0.15, 0.2) is 49.1 Å². The summed E-state index contributed by atoms with van der Waals surface area (Å²) in [5.74, 6) is -0.153. The van der Waals surface area contributed by atoms with E-state index in [0.29, 0.717) is 26.2 Å². The maximum Gasteiger partial charge on any atom is 0.250 e. The van der Waals surface area contributed by atoms with Crippen LogP contribution in [0.5, 0.6) is 0 Å². The number of carbonyl (C=O) groups is 2. The first-order valence-electron chi connectivity index (χ1n) is 9.20. The topological polar surface area (TPSA) is 58.6 Å². The molecule has 0 saturated carbocycles. The Morgan fingerprint density at radius 1 is 1.19 bits per heavy atom. The Kier molecular flexibility index (Phi) is 4.77. The number of nitrogens with zero attached hydrogens (tertiary/aromatic N) is 1. The Morgan fingerprint density at radius 3 is 2.93 bits per heavy atom. The number of benzene rings is 2. The quantitative estimate of drug-likeness (QED) is 0.849. The molecular formula is C22H22N2O3. The molecular weight excluding hydrogens is 340 g/mol.